The summed E-state index contributed by atoms with van der Waals surface area (Å²) in [5.41, 5.74) is -0.621. The molecule has 0 aromatic heterocycles. The second kappa shape index (κ2) is 8.24. The van der Waals surface area contributed by atoms with Gasteiger partial charge in [0.25, 0.3) is 0 Å². The van der Waals surface area contributed by atoms with E-state index < -0.39 is 23.5 Å². The number of carbonyl (C=O) groups is 2. The fraction of sp³-hybridized carbons (Fsp3) is 0.300. The van der Waals surface area contributed by atoms with E-state index in [0.717, 1.165) is 30.7 Å². The number of hydrogen-bond acceptors (Lipinski definition) is 4. The zero-order chi connectivity index (χ0) is 20.2. The fourth-order valence-electron chi connectivity index (χ4n) is 2.55. The summed E-state index contributed by atoms with van der Waals surface area (Å²) in [5.74, 6) is -1.62. The van der Waals surface area contributed by atoms with E-state index >= 15 is 0 Å². The van der Waals surface area contributed by atoms with Crippen molar-refractivity contribution in [1.29, 1.82) is 0 Å². The van der Waals surface area contributed by atoms with E-state index in [9.17, 15) is 27.9 Å². The number of halogens is 3. The first-order chi connectivity index (χ1) is 12.7. The van der Waals surface area contributed by atoms with Crippen LogP contribution in [-0.2, 0) is 10.9 Å². The van der Waals surface area contributed by atoms with Crippen LogP contribution in [-0.4, -0.2) is 23.5 Å². The van der Waals surface area contributed by atoms with E-state index in [1.54, 1.807) is 0 Å². The van der Waals surface area contributed by atoms with Gasteiger partial charge >= 0.3 is 12.1 Å². The normalized spacial score (nSPS) is 11.3. The molecule has 0 aliphatic heterocycles. The maximum absolute atomic E-state index is 12.7. The first-order valence-corrected chi connectivity index (χ1v) is 8.38. The largest absolute Gasteiger partial charge is 0.507 e. The number of phenolic OH excluding ortho intramolecular Hbond substituents is 1. The highest BCUT2D eigenvalue weighted by atomic mass is 19.4. The molecule has 144 valence electrons. The predicted octanol–water partition coefficient (Wildman–Crippen LogP) is 4.91. The van der Waals surface area contributed by atoms with Crippen LogP contribution in [0.25, 0.3) is 0 Å². The smallest absolute Gasteiger partial charge is 0.416 e. The van der Waals surface area contributed by atoms with Crippen molar-refractivity contribution in [2.45, 2.75) is 32.9 Å². The average Bonchev–Trinajstić information content (AvgIpc) is 2.61. The molecule has 2 aromatic carbocycles. The quantitative estimate of drug-likeness (QED) is 0.440. The summed E-state index contributed by atoms with van der Waals surface area (Å²) in [6, 6.07) is 6.33. The van der Waals surface area contributed by atoms with Gasteiger partial charge in [-0.1, -0.05) is 25.5 Å². The number of ketones is 1. The molecule has 0 saturated heterocycles. The molecule has 0 radical (unpaired) electrons. The third-order valence-electron chi connectivity index (χ3n) is 4.10. The van der Waals surface area contributed by atoms with Crippen LogP contribution in [0.2, 0.25) is 0 Å². The Bertz CT molecular complexity index is 840. The monoisotopic (exact) mass is 380 g/mol. The molecule has 0 aliphatic rings. The van der Waals surface area contributed by atoms with Crippen LogP contribution >= 0.6 is 0 Å². The van der Waals surface area contributed by atoms with Crippen molar-refractivity contribution in [3.8, 4) is 5.75 Å². The lowest BCUT2D eigenvalue weighted by Crippen LogP contribution is -2.13. The molecule has 2 rings (SSSR count). The van der Waals surface area contributed by atoms with Gasteiger partial charge in [0.15, 0.2) is 5.78 Å². The van der Waals surface area contributed by atoms with Gasteiger partial charge in [0.1, 0.15) is 11.3 Å². The Labute approximate surface area is 154 Å². The minimum atomic E-state index is -4.49. The Balaban J connectivity index is 2.34. The molecule has 0 atom stereocenters. The summed E-state index contributed by atoms with van der Waals surface area (Å²) in [6.07, 6.45) is -3.01. The van der Waals surface area contributed by atoms with Gasteiger partial charge in [-0.15, -0.1) is 0 Å². The predicted molar refractivity (Wildman–Crippen MR) is 92.9 cm³/mol. The number of ether oxygens (including phenoxy) is 1. The Hall–Kier alpha value is -2.83. The number of aromatic hydroxyl groups is 1. The van der Waals surface area contributed by atoms with E-state index in [0.29, 0.717) is 6.42 Å². The highest BCUT2D eigenvalue weighted by molar-refractivity contribution is 6.11. The van der Waals surface area contributed by atoms with Crippen LogP contribution in [0.1, 0.15) is 57.2 Å². The van der Waals surface area contributed by atoms with Crippen molar-refractivity contribution in [3.05, 3.63) is 64.2 Å². The maximum atomic E-state index is 12.7. The van der Waals surface area contributed by atoms with E-state index in [4.69, 9.17) is 4.74 Å². The average molecular weight is 380 g/mol. The van der Waals surface area contributed by atoms with E-state index in [1.807, 2.05) is 6.92 Å². The molecule has 0 unspecified atom stereocenters. The lowest BCUT2D eigenvalue weighted by molar-refractivity contribution is -0.137. The molecule has 0 aliphatic carbocycles. The molecule has 0 fully saturated rings. The third kappa shape index (κ3) is 4.67. The van der Waals surface area contributed by atoms with E-state index in [1.165, 1.54) is 19.1 Å². The van der Waals surface area contributed by atoms with Gasteiger partial charge in [0.05, 0.1) is 12.2 Å². The lowest BCUT2D eigenvalue weighted by Gasteiger charge is -2.13. The van der Waals surface area contributed by atoms with Crippen molar-refractivity contribution < 1.29 is 32.6 Å². The molecule has 0 heterocycles. The first-order valence-electron chi connectivity index (χ1n) is 8.38. The summed E-state index contributed by atoms with van der Waals surface area (Å²) >= 11 is 0. The molecule has 0 amide bonds. The molecular formula is C20H19F3O4. The minimum Gasteiger partial charge on any atom is -0.507 e. The third-order valence-corrected chi connectivity index (χ3v) is 4.10. The number of esters is 1. The van der Waals surface area contributed by atoms with Crippen LogP contribution in [0.5, 0.6) is 5.75 Å². The van der Waals surface area contributed by atoms with Gasteiger partial charge in [0, 0.05) is 11.1 Å². The minimum absolute atomic E-state index is 0.0436. The zero-order valence-corrected chi connectivity index (χ0v) is 14.9. The number of alkyl halides is 3. The van der Waals surface area contributed by atoms with Crippen LogP contribution in [0, 0.1) is 6.92 Å². The number of hydrogen-bond donors (Lipinski definition) is 1. The van der Waals surface area contributed by atoms with Gasteiger partial charge in [-0.3, -0.25) is 4.79 Å². The summed E-state index contributed by atoms with van der Waals surface area (Å²) < 4.78 is 43.1. The molecule has 27 heavy (non-hydrogen) atoms. The van der Waals surface area contributed by atoms with Crippen molar-refractivity contribution in [2.75, 3.05) is 6.61 Å². The van der Waals surface area contributed by atoms with E-state index in [2.05, 4.69) is 0 Å². The molecular weight excluding hydrogens is 361 g/mol. The Morgan fingerprint density at radius 2 is 1.70 bits per heavy atom. The Morgan fingerprint density at radius 1 is 1.07 bits per heavy atom. The molecule has 1 N–H and O–H groups in total. The van der Waals surface area contributed by atoms with Crippen LogP contribution < -0.4 is 0 Å². The standard InChI is InChI=1S/C20H19F3O4/c1-3-4-11-27-19(26)17-12(2)15(9-10-16(17)24)18(25)13-5-7-14(8-6-13)20(21,22)23/h5-10,24H,3-4,11H2,1-2H3. The molecule has 0 saturated carbocycles. The van der Waals surface area contributed by atoms with Gasteiger partial charge < -0.3 is 9.84 Å². The first kappa shape index (κ1) is 20.5. The number of unbranched alkanes of at least 4 members (excludes halogenated alkanes) is 1. The number of phenols is 1. The van der Waals surface area contributed by atoms with Crippen molar-refractivity contribution in [2.24, 2.45) is 0 Å². The molecule has 2 aromatic rings. The number of benzene rings is 2. The van der Waals surface area contributed by atoms with Gasteiger partial charge in [-0.05, 0) is 43.2 Å². The second-order valence-corrected chi connectivity index (χ2v) is 6.03. The van der Waals surface area contributed by atoms with Crippen LogP contribution in [0.15, 0.2) is 36.4 Å². The SMILES string of the molecule is CCCCOC(=O)c1c(O)ccc(C(=O)c2ccc(C(F)(F)F)cc2)c1C. The maximum Gasteiger partial charge on any atom is 0.416 e. The summed E-state index contributed by atoms with van der Waals surface area (Å²) in [7, 11) is 0. The van der Waals surface area contributed by atoms with Crippen LogP contribution in [0.4, 0.5) is 13.2 Å². The van der Waals surface area contributed by atoms with Crippen molar-refractivity contribution >= 4 is 11.8 Å². The summed E-state index contributed by atoms with van der Waals surface area (Å²) in [4.78, 5) is 24.9. The van der Waals surface area contributed by atoms with E-state index in [-0.39, 0.29) is 34.6 Å². The Kier molecular flexibility index (Phi) is 6.25. The molecule has 7 heteroatoms. The van der Waals surface area contributed by atoms with Gasteiger partial charge in [-0.2, -0.15) is 13.2 Å². The zero-order valence-electron chi connectivity index (χ0n) is 14.9. The Morgan fingerprint density at radius 3 is 2.26 bits per heavy atom. The van der Waals surface area contributed by atoms with Gasteiger partial charge in [-0.25, -0.2) is 4.79 Å². The topological polar surface area (TPSA) is 63.6 Å². The second-order valence-electron chi connectivity index (χ2n) is 6.03. The summed E-state index contributed by atoms with van der Waals surface area (Å²) in [5, 5.41) is 9.98. The van der Waals surface area contributed by atoms with Crippen molar-refractivity contribution in [1.82, 2.24) is 0 Å². The number of carbonyl (C=O) groups excluding carboxylic acids is 2. The highest BCUT2D eigenvalue weighted by Gasteiger charge is 2.30. The number of rotatable bonds is 6. The highest BCUT2D eigenvalue weighted by Crippen LogP contribution is 2.30. The van der Waals surface area contributed by atoms with Crippen LogP contribution in [0.3, 0.4) is 0 Å². The summed E-state index contributed by atoms with van der Waals surface area (Å²) in [6.45, 7) is 3.60. The molecule has 0 spiro atoms. The lowest BCUT2D eigenvalue weighted by atomic mass is 9.94. The van der Waals surface area contributed by atoms with Gasteiger partial charge in [0.2, 0.25) is 0 Å². The van der Waals surface area contributed by atoms with Crippen molar-refractivity contribution in [3.63, 3.8) is 0 Å². The fourth-order valence-corrected chi connectivity index (χ4v) is 2.55. The molecule has 0 bridgehead atoms. The molecule has 4 nitrogen and oxygen atoms in total.